The number of rotatable bonds is 8. The third-order valence-corrected chi connectivity index (χ3v) is 5.88. The van der Waals surface area contributed by atoms with Crippen LogP contribution in [0.5, 0.6) is 0 Å². The van der Waals surface area contributed by atoms with E-state index < -0.39 is 6.04 Å². The number of fused-ring (bicyclic) bond motifs is 1. The molecule has 162 valence electrons. The first-order valence-corrected chi connectivity index (χ1v) is 11.0. The van der Waals surface area contributed by atoms with Crippen LogP contribution in [-0.4, -0.2) is 47.4 Å². The van der Waals surface area contributed by atoms with E-state index in [9.17, 15) is 9.59 Å². The van der Waals surface area contributed by atoms with Crippen LogP contribution in [-0.2, 0) is 22.6 Å². The SMILES string of the molecule is Cc1cc2cc(CNC(=O)C[C@@H]3C(=O)NCCN3CCCc3ccccc3)ccc2[nH]1. The molecule has 2 heterocycles. The summed E-state index contributed by atoms with van der Waals surface area (Å²) in [6.07, 6.45) is 2.12. The van der Waals surface area contributed by atoms with E-state index in [1.165, 1.54) is 5.56 Å². The van der Waals surface area contributed by atoms with Gasteiger partial charge in [0.2, 0.25) is 11.8 Å². The molecule has 1 fully saturated rings. The van der Waals surface area contributed by atoms with Crippen molar-refractivity contribution in [1.29, 1.82) is 0 Å². The zero-order chi connectivity index (χ0) is 21.6. The number of aromatic amines is 1. The fraction of sp³-hybridized carbons (Fsp3) is 0.360. The van der Waals surface area contributed by atoms with Gasteiger partial charge in [0.1, 0.15) is 0 Å². The summed E-state index contributed by atoms with van der Waals surface area (Å²) in [6.45, 7) is 4.72. The molecule has 2 aromatic carbocycles. The van der Waals surface area contributed by atoms with Crippen molar-refractivity contribution in [3.05, 3.63) is 71.4 Å². The molecule has 1 saturated heterocycles. The number of H-pyrrole nitrogens is 1. The van der Waals surface area contributed by atoms with Crippen LogP contribution < -0.4 is 10.6 Å². The third-order valence-electron chi connectivity index (χ3n) is 5.88. The molecule has 4 rings (SSSR count). The average Bonchev–Trinajstić information content (AvgIpc) is 3.14. The van der Waals surface area contributed by atoms with E-state index in [-0.39, 0.29) is 18.2 Å². The maximum Gasteiger partial charge on any atom is 0.237 e. The number of carbonyl (C=O) groups excluding carboxylic acids is 2. The summed E-state index contributed by atoms with van der Waals surface area (Å²) in [5.41, 5.74) is 4.56. The van der Waals surface area contributed by atoms with Gasteiger partial charge in [0.15, 0.2) is 0 Å². The monoisotopic (exact) mass is 418 g/mol. The number of nitrogens with one attached hydrogen (secondary N) is 3. The lowest BCUT2D eigenvalue weighted by molar-refractivity contribution is -0.134. The molecule has 3 N–H and O–H groups in total. The molecule has 0 bridgehead atoms. The summed E-state index contributed by atoms with van der Waals surface area (Å²) in [5.74, 6) is -0.147. The number of piperazine rings is 1. The van der Waals surface area contributed by atoms with Crippen molar-refractivity contribution < 1.29 is 9.59 Å². The third kappa shape index (κ3) is 5.52. The number of benzene rings is 2. The predicted molar refractivity (Wildman–Crippen MR) is 123 cm³/mol. The Bertz CT molecular complexity index is 1040. The van der Waals surface area contributed by atoms with Crippen LogP contribution in [0.2, 0.25) is 0 Å². The second-order valence-corrected chi connectivity index (χ2v) is 8.29. The minimum Gasteiger partial charge on any atom is -0.359 e. The average molecular weight is 419 g/mol. The van der Waals surface area contributed by atoms with Gasteiger partial charge in [-0.25, -0.2) is 0 Å². The molecule has 1 atom stereocenters. The summed E-state index contributed by atoms with van der Waals surface area (Å²) < 4.78 is 0. The number of amides is 2. The lowest BCUT2D eigenvalue weighted by Crippen LogP contribution is -2.56. The van der Waals surface area contributed by atoms with E-state index >= 15 is 0 Å². The highest BCUT2D eigenvalue weighted by Gasteiger charge is 2.31. The molecule has 3 aromatic rings. The maximum absolute atomic E-state index is 12.6. The van der Waals surface area contributed by atoms with Crippen LogP contribution >= 0.6 is 0 Å². The second-order valence-electron chi connectivity index (χ2n) is 8.29. The van der Waals surface area contributed by atoms with E-state index in [2.05, 4.69) is 44.8 Å². The van der Waals surface area contributed by atoms with Gasteiger partial charge in [0.05, 0.1) is 12.5 Å². The Morgan fingerprint density at radius 2 is 1.97 bits per heavy atom. The van der Waals surface area contributed by atoms with Crippen LogP contribution in [0.4, 0.5) is 0 Å². The molecule has 2 amide bonds. The van der Waals surface area contributed by atoms with E-state index in [0.29, 0.717) is 13.1 Å². The number of aryl methyl sites for hydroxylation is 2. The van der Waals surface area contributed by atoms with E-state index in [4.69, 9.17) is 0 Å². The first-order chi connectivity index (χ1) is 15.1. The second kappa shape index (κ2) is 9.79. The molecule has 6 nitrogen and oxygen atoms in total. The molecule has 0 radical (unpaired) electrons. The molecule has 1 aliphatic heterocycles. The van der Waals surface area contributed by atoms with Gasteiger partial charge in [-0.05, 0) is 61.0 Å². The molecule has 1 aromatic heterocycles. The molecule has 6 heteroatoms. The largest absolute Gasteiger partial charge is 0.359 e. The number of carbonyl (C=O) groups is 2. The summed E-state index contributed by atoms with van der Waals surface area (Å²) in [5, 5.41) is 7.03. The van der Waals surface area contributed by atoms with Gasteiger partial charge in [-0.3, -0.25) is 14.5 Å². The van der Waals surface area contributed by atoms with Crippen LogP contribution in [0, 0.1) is 6.92 Å². The van der Waals surface area contributed by atoms with Crippen LogP contribution in [0.3, 0.4) is 0 Å². The topological polar surface area (TPSA) is 77.2 Å². The Morgan fingerprint density at radius 1 is 1.13 bits per heavy atom. The number of aromatic nitrogens is 1. The summed E-state index contributed by atoms with van der Waals surface area (Å²) in [7, 11) is 0. The van der Waals surface area contributed by atoms with Crippen LogP contribution in [0.1, 0.15) is 29.7 Å². The van der Waals surface area contributed by atoms with Gasteiger partial charge in [0.25, 0.3) is 0 Å². The number of hydrogen-bond donors (Lipinski definition) is 3. The number of nitrogens with zero attached hydrogens (tertiary/aromatic N) is 1. The van der Waals surface area contributed by atoms with Crippen LogP contribution in [0.15, 0.2) is 54.6 Å². The van der Waals surface area contributed by atoms with Crippen molar-refractivity contribution in [3.63, 3.8) is 0 Å². The minimum absolute atomic E-state index is 0.0506. The van der Waals surface area contributed by atoms with Gasteiger partial charge in [-0.15, -0.1) is 0 Å². The summed E-state index contributed by atoms with van der Waals surface area (Å²) >= 11 is 0. The Labute approximate surface area is 183 Å². The number of hydrogen-bond acceptors (Lipinski definition) is 3. The van der Waals surface area contributed by atoms with Crippen molar-refractivity contribution in [2.24, 2.45) is 0 Å². The van der Waals surface area contributed by atoms with Crippen molar-refractivity contribution in [1.82, 2.24) is 20.5 Å². The fourth-order valence-corrected chi connectivity index (χ4v) is 4.27. The molecule has 0 spiro atoms. The molecule has 31 heavy (non-hydrogen) atoms. The highest BCUT2D eigenvalue weighted by molar-refractivity contribution is 5.89. The standard InChI is InChI=1S/C25H30N4O2/c1-18-14-21-15-20(9-10-22(21)28-18)17-27-24(30)16-23-25(31)26-11-13-29(23)12-5-8-19-6-3-2-4-7-19/h2-4,6-7,9-10,14-15,23,28H,5,8,11-13,16-17H2,1H3,(H,26,31)(H,27,30)/t23-/m1/s1. The van der Waals surface area contributed by atoms with Crippen molar-refractivity contribution >= 4 is 22.7 Å². The van der Waals surface area contributed by atoms with Crippen molar-refractivity contribution in [3.8, 4) is 0 Å². The molecule has 0 unspecified atom stereocenters. The maximum atomic E-state index is 12.6. The van der Waals surface area contributed by atoms with Gasteiger partial charge in [0, 0.05) is 30.8 Å². The van der Waals surface area contributed by atoms with Gasteiger partial charge >= 0.3 is 0 Å². The van der Waals surface area contributed by atoms with Crippen LogP contribution in [0.25, 0.3) is 10.9 Å². The van der Waals surface area contributed by atoms with E-state index in [1.54, 1.807) is 0 Å². The molecular formula is C25H30N4O2. The zero-order valence-corrected chi connectivity index (χ0v) is 18.0. The van der Waals surface area contributed by atoms with E-state index in [1.807, 2.05) is 37.3 Å². The zero-order valence-electron chi connectivity index (χ0n) is 18.0. The lowest BCUT2D eigenvalue weighted by atomic mass is 10.1. The normalized spacial score (nSPS) is 16.9. The minimum atomic E-state index is -0.403. The first kappa shape index (κ1) is 21.1. The highest BCUT2D eigenvalue weighted by Crippen LogP contribution is 2.17. The predicted octanol–water partition coefficient (Wildman–Crippen LogP) is 2.92. The molecule has 0 saturated carbocycles. The van der Waals surface area contributed by atoms with Crippen molar-refractivity contribution in [2.75, 3.05) is 19.6 Å². The first-order valence-electron chi connectivity index (χ1n) is 11.0. The van der Waals surface area contributed by atoms with Gasteiger partial charge in [-0.1, -0.05) is 36.4 Å². The highest BCUT2D eigenvalue weighted by atomic mass is 16.2. The summed E-state index contributed by atoms with van der Waals surface area (Å²) in [4.78, 5) is 30.5. The smallest absolute Gasteiger partial charge is 0.237 e. The molecular weight excluding hydrogens is 388 g/mol. The quantitative estimate of drug-likeness (QED) is 0.526. The summed E-state index contributed by atoms with van der Waals surface area (Å²) in [6, 6.07) is 18.2. The lowest BCUT2D eigenvalue weighted by Gasteiger charge is -2.34. The van der Waals surface area contributed by atoms with E-state index in [0.717, 1.165) is 48.1 Å². The van der Waals surface area contributed by atoms with Crippen molar-refractivity contribution in [2.45, 2.75) is 38.8 Å². The fourth-order valence-electron chi connectivity index (χ4n) is 4.27. The Hall–Kier alpha value is -3.12. The van der Waals surface area contributed by atoms with Gasteiger partial charge < -0.3 is 15.6 Å². The molecule has 1 aliphatic rings. The Kier molecular flexibility index (Phi) is 6.67. The Balaban J connectivity index is 1.30. The Morgan fingerprint density at radius 3 is 2.81 bits per heavy atom. The molecule has 0 aliphatic carbocycles. The van der Waals surface area contributed by atoms with Gasteiger partial charge in [-0.2, -0.15) is 0 Å².